The molecule has 0 saturated heterocycles. The van der Waals surface area contributed by atoms with Crippen molar-refractivity contribution in [3.05, 3.63) is 24.8 Å². The summed E-state index contributed by atoms with van der Waals surface area (Å²) in [6, 6.07) is 0. The van der Waals surface area contributed by atoms with Crippen molar-refractivity contribution in [3.8, 4) is 0 Å². The molecule has 0 spiro atoms. The minimum absolute atomic E-state index is 0.162. The molecule has 0 bridgehead atoms. The topological polar surface area (TPSA) is 9.23 Å². The maximum atomic E-state index is 5.59. The summed E-state index contributed by atoms with van der Waals surface area (Å²) in [6.45, 7) is 12.8. The molecule has 1 unspecified atom stereocenters. The molecule has 0 aliphatic carbocycles. The van der Waals surface area contributed by atoms with Crippen LogP contribution < -0.4 is 0 Å². The van der Waals surface area contributed by atoms with Gasteiger partial charge in [-0.1, -0.05) is 39.0 Å². The number of allylic oxidation sites excluding steroid dienone is 1. The molecule has 1 atom stereocenters. The fraction of sp³-hybridized carbons (Fsp3) is 0.636. The Kier molecular flexibility index (Phi) is 4.91. The van der Waals surface area contributed by atoms with Gasteiger partial charge in [-0.15, -0.1) is 6.58 Å². The zero-order valence-corrected chi connectivity index (χ0v) is 8.63. The average molecular weight is 168 g/mol. The molecule has 0 heterocycles. The second-order valence-corrected chi connectivity index (χ2v) is 3.93. The Hall–Kier alpha value is -0.560. The predicted octanol–water partition coefficient (Wildman–Crippen LogP) is 3.18. The molecule has 1 heteroatoms. The van der Waals surface area contributed by atoms with E-state index in [0.717, 1.165) is 0 Å². The molecule has 12 heavy (non-hydrogen) atoms. The van der Waals surface area contributed by atoms with Gasteiger partial charge in [0.25, 0.3) is 0 Å². The largest absolute Gasteiger partial charge is 0.370 e. The molecule has 0 aliphatic rings. The molecule has 0 aromatic rings. The lowest BCUT2D eigenvalue weighted by molar-refractivity contribution is 0.0314. The lowest BCUT2D eigenvalue weighted by atomic mass is 9.89. The standard InChI is InChI=1S/C11H20O/c1-6-8-10(11(3,4)5)12-9-7-2/h6-8,10H,2,9H2,1,3-5H3/b8-6+. The lowest BCUT2D eigenvalue weighted by Crippen LogP contribution is -2.27. The van der Waals surface area contributed by atoms with Crippen molar-refractivity contribution in [1.82, 2.24) is 0 Å². The minimum Gasteiger partial charge on any atom is -0.370 e. The maximum Gasteiger partial charge on any atom is 0.0808 e. The highest BCUT2D eigenvalue weighted by molar-refractivity contribution is 4.94. The Morgan fingerprint density at radius 2 is 2.00 bits per heavy atom. The van der Waals surface area contributed by atoms with E-state index in [2.05, 4.69) is 33.4 Å². The predicted molar refractivity (Wildman–Crippen MR) is 54.2 cm³/mol. The summed E-state index contributed by atoms with van der Waals surface area (Å²) in [5, 5.41) is 0. The van der Waals surface area contributed by atoms with Crippen LogP contribution in [0.3, 0.4) is 0 Å². The summed E-state index contributed by atoms with van der Waals surface area (Å²) >= 11 is 0. The average Bonchev–Trinajstić information content (AvgIpc) is 1.95. The monoisotopic (exact) mass is 168 g/mol. The maximum absolute atomic E-state index is 5.59. The van der Waals surface area contributed by atoms with Gasteiger partial charge in [0.2, 0.25) is 0 Å². The second-order valence-electron chi connectivity index (χ2n) is 3.93. The van der Waals surface area contributed by atoms with Crippen LogP contribution in [0.2, 0.25) is 0 Å². The quantitative estimate of drug-likeness (QED) is 0.586. The van der Waals surface area contributed by atoms with E-state index >= 15 is 0 Å². The molecule has 0 aromatic heterocycles. The molecule has 70 valence electrons. The Balaban J connectivity index is 4.13. The number of rotatable bonds is 4. The van der Waals surface area contributed by atoms with Gasteiger partial charge in [-0.25, -0.2) is 0 Å². The van der Waals surface area contributed by atoms with Crippen molar-refractivity contribution in [1.29, 1.82) is 0 Å². The summed E-state index contributed by atoms with van der Waals surface area (Å²) in [4.78, 5) is 0. The van der Waals surface area contributed by atoms with Crippen molar-refractivity contribution >= 4 is 0 Å². The third-order valence-corrected chi connectivity index (χ3v) is 1.61. The molecular formula is C11H20O. The summed E-state index contributed by atoms with van der Waals surface area (Å²) in [7, 11) is 0. The van der Waals surface area contributed by atoms with Gasteiger partial charge in [-0.2, -0.15) is 0 Å². The number of ether oxygens (including phenoxy) is 1. The SMILES string of the molecule is C=CCOC(/C=C/C)C(C)(C)C. The second kappa shape index (κ2) is 5.15. The Morgan fingerprint density at radius 3 is 2.33 bits per heavy atom. The molecule has 0 aromatic carbocycles. The van der Waals surface area contributed by atoms with Crippen molar-refractivity contribution in [3.63, 3.8) is 0 Å². The van der Waals surface area contributed by atoms with Crippen LogP contribution in [0.5, 0.6) is 0 Å². The van der Waals surface area contributed by atoms with Gasteiger partial charge in [-0.3, -0.25) is 0 Å². The molecule has 0 fully saturated rings. The number of hydrogen-bond donors (Lipinski definition) is 0. The lowest BCUT2D eigenvalue weighted by Gasteiger charge is -2.27. The van der Waals surface area contributed by atoms with E-state index in [1.165, 1.54) is 0 Å². The summed E-state index contributed by atoms with van der Waals surface area (Å²) in [6.07, 6.45) is 6.07. The van der Waals surface area contributed by atoms with E-state index in [0.29, 0.717) is 6.61 Å². The molecule has 1 nitrogen and oxygen atoms in total. The molecule has 0 rings (SSSR count). The van der Waals surface area contributed by atoms with Crippen LogP contribution in [0.25, 0.3) is 0 Å². The van der Waals surface area contributed by atoms with E-state index in [1.54, 1.807) is 6.08 Å². The molecule has 0 saturated carbocycles. The first kappa shape index (κ1) is 11.4. The van der Waals surface area contributed by atoms with Gasteiger partial charge in [-0.05, 0) is 12.3 Å². The number of hydrogen-bond acceptors (Lipinski definition) is 1. The van der Waals surface area contributed by atoms with E-state index in [4.69, 9.17) is 4.74 Å². The first-order valence-electron chi connectivity index (χ1n) is 4.37. The zero-order valence-electron chi connectivity index (χ0n) is 8.63. The third-order valence-electron chi connectivity index (χ3n) is 1.61. The Labute approximate surface area is 76.1 Å². The van der Waals surface area contributed by atoms with Crippen LogP contribution in [0.1, 0.15) is 27.7 Å². The smallest absolute Gasteiger partial charge is 0.0808 e. The van der Waals surface area contributed by atoms with Gasteiger partial charge in [0.05, 0.1) is 12.7 Å². The highest BCUT2D eigenvalue weighted by atomic mass is 16.5. The first-order chi connectivity index (χ1) is 5.52. The van der Waals surface area contributed by atoms with E-state index in [1.807, 2.05) is 13.0 Å². The highest BCUT2D eigenvalue weighted by Crippen LogP contribution is 2.23. The fourth-order valence-corrected chi connectivity index (χ4v) is 0.941. The molecule has 0 N–H and O–H groups in total. The summed E-state index contributed by atoms with van der Waals surface area (Å²) < 4.78 is 5.59. The molecule has 0 radical (unpaired) electrons. The summed E-state index contributed by atoms with van der Waals surface area (Å²) in [5.41, 5.74) is 0.162. The zero-order chi connectivity index (χ0) is 9.61. The van der Waals surface area contributed by atoms with Crippen LogP contribution in [0, 0.1) is 5.41 Å². The van der Waals surface area contributed by atoms with Gasteiger partial charge in [0.1, 0.15) is 0 Å². The van der Waals surface area contributed by atoms with Crippen LogP contribution >= 0.6 is 0 Å². The van der Waals surface area contributed by atoms with E-state index in [-0.39, 0.29) is 11.5 Å². The van der Waals surface area contributed by atoms with Crippen molar-refractivity contribution in [2.24, 2.45) is 5.41 Å². The van der Waals surface area contributed by atoms with Crippen LogP contribution in [-0.4, -0.2) is 12.7 Å². The first-order valence-corrected chi connectivity index (χ1v) is 4.37. The molecule has 0 amide bonds. The fourth-order valence-electron chi connectivity index (χ4n) is 0.941. The van der Waals surface area contributed by atoms with Gasteiger partial charge < -0.3 is 4.74 Å². The van der Waals surface area contributed by atoms with Crippen molar-refractivity contribution in [2.75, 3.05) is 6.61 Å². The molecular weight excluding hydrogens is 148 g/mol. The molecule has 0 aliphatic heterocycles. The van der Waals surface area contributed by atoms with E-state index in [9.17, 15) is 0 Å². The van der Waals surface area contributed by atoms with Crippen LogP contribution in [-0.2, 0) is 4.74 Å². The van der Waals surface area contributed by atoms with Crippen LogP contribution in [0.15, 0.2) is 24.8 Å². The highest BCUT2D eigenvalue weighted by Gasteiger charge is 2.21. The van der Waals surface area contributed by atoms with Crippen LogP contribution in [0.4, 0.5) is 0 Å². The normalized spacial score (nSPS) is 15.0. The Bertz CT molecular complexity index is 151. The van der Waals surface area contributed by atoms with Gasteiger partial charge in [0, 0.05) is 0 Å². The third kappa shape index (κ3) is 4.35. The minimum atomic E-state index is 0.162. The summed E-state index contributed by atoms with van der Waals surface area (Å²) in [5.74, 6) is 0. The van der Waals surface area contributed by atoms with Crippen molar-refractivity contribution in [2.45, 2.75) is 33.8 Å². The van der Waals surface area contributed by atoms with E-state index < -0.39 is 0 Å². The van der Waals surface area contributed by atoms with Crippen molar-refractivity contribution < 1.29 is 4.74 Å². The van der Waals surface area contributed by atoms with Gasteiger partial charge in [0.15, 0.2) is 0 Å². The Morgan fingerprint density at radius 1 is 1.42 bits per heavy atom. The van der Waals surface area contributed by atoms with Gasteiger partial charge >= 0.3 is 0 Å².